The summed E-state index contributed by atoms with van der Waals surface area (Å²) < 4.78 is 11.5. The summed E-state index contributed by atoms with van der Waals surface area (Å²) in [6.45, 7) is 2.00. The molecule has 7 heteroatoms. The molecule has 5 rings (SSSR count). The van der Waals surface area contributed by atoms with Crippen molar-refractivity contribution in [2.45, 2.75) is 25.3 Å². The maximum atomic E-state index is 13.7. The van der Waals surface area contributed by atoms with E-state index in [2.05, 4.69) is 11.1 Å². The van der Waals surface area contributed by atoms with E-state index in [0.29, 0.717) is 17.7 Å². The number of fused-ring (bicyclic) bond motifs is 1. The molecule has 2 aliphatic rings. The zero-order valence-corrected chi connectivity index (χ0v) is 19.1. The largest absolute Gasteiger partial charge is 0.493 e. The first-order chi connectivity index (χ1) is 16.4. The molecule has 1 unspecified atom stereocenters. The van der Waals surface area contributed by atoms with Crippen LogP contribution in [0.4, 0.5) is 0 Å². The van der Waals surface area contributed by atoms with Crippen LogP contribution in [0.15, 0.2) is 71.7 Å². The summed E-state index contributed by atoms with van der Waals surface area (Å²) in [7, 11) is 1.59. The highest BCUT2D eigenvalue weighted by Crippen LogP contribution is 2.45. The fourth-order valence-corrected chi connectivity index (χ4v) is 4.70. The lowest BCUT2D eigenvalue weighted by atomic mass is 9.81. The van der Waals surface area contributed by atoms with Crippen LogP contribution in [0.3, 0.4) is 0 Å². The molecule has 0 radical (unpaired) electrons. The SMILES string of the molecule is CC(=O)Oc1ccccc1C1(c2cccc(-c3cccc4c3OCCC4)c2)N=C(N)N(C)C1=O. The van der Waals surface area contributed by atoms with E-state index in [4.69, 9.17) is 15.2 Å². The van der Waals surface area contributed by atoms with Gasteiger partial charge in [-0.2, -0.15) is 0 Å². The zero-order chi connectivity index (χ0) is 23.9. The number of likely N-dealkylation sites (N-methyl/N-ethyl adjacent to an activating group) is 1. The Balaban J connectivity index is 1.73. The molecule has 1 atom stereocenters. The van der Waals surface area contributed by atoms with Crippen LogP contribution in [0.2, 0.25) is 0 Å². The van der Waals surface area contributed by atoms with Gasteiger partial charge in [0.25, 0.3) is 5.91 Å². The molecule has 7 nitrogen and oxygen atoms in total. The second-order valence-corrected chi connectivity index (χ2v) is 8.46. The lowest BCUT2D eigenvalue weighted by molar-refractivity contribution is -0.133. The number of aryl methyl sites for hydroxylation is 1. The number of ether oxygens (including phenoxy) is 2. The van der Waals surface area contributed by atoms with Crippen LogP contribution in [-0.2, 0) is 21.5 Å². The molecule has 0 fully saturated rings. The molecule has 3 aromatic rings. The summed E-state index contributed by atoms with van der Waals surface area (Å²) in [6.07, 6.45) is 1.95. The number of esters is 1. The molecule has 172 valence electrons. The third kappa shape index (κ3) is 3.41. The third-order valence-electron chi connectivity index (χ3n) is 6.30. The number of nitrogens with two attached hydrogens (primary N) is 1. The summed E-state index contributed by atoms with van der Waals surface area (Å²) in [4.78, 5) is 31.5. The van der Waals surface area contributed by atoms with Crippen molar-refractivity contribution >= 4 is 17.8 Å². The van der Waals surface area contributed by atoms with Gasteiger partial charge in [0.05, 0.1) is 6.61 Å². The van der Waals surface area contributed by atoms with E-state index in [1.165, 1.54) is 17.4 Å². The topological polar surface area (TPSA) is 94.2 Å². The van der Waals surface area contributed by atoms with Gasteiger partial charge in [0.2, 0.25) is 0 Å². The first kappa shape index (κ1) is 21.7. The van der Waals surface area contributed by atoms with Crippen LogP contribution >= 0.6 is 0 Å². The molecule has 0 aromatic heterocycles. The quantitative estimate of drug-likeness (QED) is 0.479. The molecule has 0 spiro atoms. The molecular formula is C27H25N3O4. The monoisotopic (exact) mass is 455 g/mol. The van der Waals surface area contributed by atoms with Crippen molar-refractivity contribution in [3.05, 3.63) is 83.4 Å². The molecule has 2 aliphatic heterocycles. The molecule has 1 amide bonds. The van der Waals surface area contributed by atoms with Crippen molar-refractivity contribution in [3.8, 4) is 22.6 Å². The average Bonchev–Trinajstić information content (AvgIpc) is 3.08. The Bertz CT molecular complexity index is 1330. The lowest BCUT2D eigenvalue weighted by Crippen LogP contribution is -2.41. The molecule has 0 bridgehead atoms. The maximum absolute atomic E-state index is 13.7. The third-order valence-corrected chi connectivity index (χ3v) is 6.30. The number of rotatable bonds is 4. The molecule has 2 N–H and O–H groups in total. The normalized spacial score (nSPS) is 19.3. The average molecular weight is 456 g/mol. The fraction of sp³-hybridized carbons (Fsp3) is 0.222. The van der Waals surface area contributed by atoms with Gasteiger partial charge in [-0.1, -0.05) is 54.6 Å². The second-order valence-electron chi connectivity index (χ2n) is 8.46. The number of benzene rings is 3. The number of hydrogen-bond acceptors (Lipinski definition) is 6. The summed E-state index contributed by atoms with van der Waals surface area (Å²) in [6, 6.07) is 20.7. The second kappa shape index (κ2) is 8.33. The predicted octanol–water partition coefficient (Wildman–Crippen LogP) is 3.63. The van der Waals surface area contributed by atoms with E-state index < -0.39 is 11.5 Å². The van der Waals surface area contributed by atoms with E-state index in [0.717, 1.165) is 29.7 Å². The number of carbonyl (C=O) groups excluding carboxylic acids is 2. The van der Waals surface area contributed by atoms with Crippen molar-refractivity contribution in [1.29, 1.82) is 0 Å². The summed E-state index contributed by atoms with van der Waals surface area (Å²) >= 11 is 0. The van der Waals surface area contributed by atoms with Crippen LogP contribution in [0.1, 0.15) is 30.0 Å². The number of para-hydroxylation sites is 2. The van der Waals surface area contributed by atoms with E-state index in [1.807, 2.05) is 36.4 Å². The molecule has 0 saturated heterocycles. The highest BCUT2D eigenvalue weighted by atomic mass is 16.5. The van der Waals surface area contributed by atoms with Gasteiger partial charge in [-0.05, 0) is 41.7 Å². The first-order valence-corrected chi connectivity index (χ1v) is 11.2. The smallest absolute Gasteiger partial charge is 0.308 e. The minimum atomic E-state index is -1.49. The van der Waals surface area contributed by atoms with Gasteiger partial charge in [-0.25, -0.2) is 4.99 Å². The molecule has 2 heterocycles. The minimum absolute atomic E-state index is 0.0912. The number of hydrogen-bond donors (Lipinski definition) is 1. The van der Waals surface area contributed by atoms with E-state index >= 15 is 0 Å². The van der Waals surface area contributed by atoms with Crippen molar-refractivity contribution < 1.29 is 19.1 Å². The van der Waals surface area contributed by atoms with Crippen LogP contribution in [-0.4, -0.2) is 36.4 Å². The predicted molar refractivity (Wildman–Crippen MR) is 129 cm³/mol. The van der Waals surface area contributed by atoms with E-state index in [-0.39, 0.29) is 17.6 Å². The highest BCUT2D eigenvalue weighted by molar-refractivity contribution is 6.09. The van der Waals surface area contributed by atoms with Gasteiger partial charge >= 0.3 is 5.97 Å². The Kier molecular flexibility index (Phi) is 5.32. The van der Waals surface area contributed by atoms with Gasteiger partial charge in [0.15, 0.2) is 11.5 Å². The Morgan fingerprint density at radius 3 is 2.68 bits per heavy atom. The molecule has 0 aliphatic carbocycles. The zero-order valence-electron chi connectivity index (χ0n) is 19.1. The Labute approximate surface area is 197 Å². The summed E-state index contributed by atoms with van der Waals surface area (Å²) in [5.74, 6) is 0.417. The minimum Gasteiger partial charge on any atom is -0.493 e. The highest BCUT2D eigenvalue weighted by Gasteiger charge is 2.51. The number of nitrogens with zero attached hydrogens (tertiary/aromatic N) is 2. The number of amides is 1. The van der Waals surface area contributed by atoms with Crippen LogP contribution in [0.5, 0.6) is 11.5 Å². The lowest BCUT2D eigenvalue weighted by Gasteiger charge is -2.28. The standard InChI is InChI=1S/C27H25N3O4/c1-17(31)34-23-14-4-3-13-22(23)27(25(32)30(2)26(28)29-27)20-11-5-9-19(16-20)21-12-6-8-18-10-7-15-33-24(18)21/h3-6,8-9,11-14,16H,7,10,15H2,1-2H3,(H2,28,29). The molecule has 34 heavy (non-hydrogen) atoms. The van der Waals surface area contributed by atoms with Crippen molar-refractivity contribution in [3.63, 3.8) is 0 Å². The van der Waals surface area contributed by atoms with Crippen molar-refractivity contribution in [2.75, 3.05) is 13.7 Å². The van der Waals surface area contributed by atoms with Crippen LogP contribution in [0.25, 0.3) is 11.1 Å². The van der Waals surface area contributed by atoms with Crippen LogP contribution < -0.4 is 15.2 Å². The summed E-state index contributed by atoms with van der Waals surface area (Å²) in [5, 5.41) is 0. The van der Waals surface area contributed by atoms with Crippen molar-refractivity contribution in [1.82, 2.24) is 4.90 Å². The van der Waals surface area contributed by atoms with Gasteiger partial charge in [0, 0.05) is 25.1 Å². The maximum Gasteiger partial charge on any atom is 0.308 e. The van der Waals surface area contributed by atoms with Gasteiger partial charge in [-0.3, -0.25) is 14.5 Å². The Morgan fingerprint density at radius 2 is 1.91 bits per heavy atom. The Morgan fingerprint density at radius 1 is 1.12 bits per heavy atom. The molecular weight excluding hydrogens is 430 g/mol. The van der Waals surface area contributed by atoms with E-state index in [9.17, 15) is 9.59 Å². The van der Waals surface area contributed by atoms with Gasteiger partial charge < -0.3 is 15.2 Å². The number of guanidine groups is 1. The fourth-order valence-electron chi connectivity index (χ4n) is 4.70. The van der Waals surface area contributed by atoms with Crippen molar-refractivity contribution in [2.24, 2.45) is 10.7 Å². The summed E-state index contributed by atoms with van der Waals surface area (Å²) in [5.41, 5.74) is 8.74. The molecule has 3 aromatic carbocycles. The van der Waals surface area contributed by atoms with E-state index in [1.54, 1.807) is 31.3 Å². The van der Waals surface area contributed by atoms with Gasteiger partial charge in [-0.15, -0.1) is 0 Å². The number of aliphatic imine (C=N–C) groups is 1. The Hall–Kier alpha value is -4.13. The number of carbonyl (C=O) groups is 2. The van der Waals surface area contributed by atoms with Crippen LogP contribution in [0, 0.1) is 0 Å². The first-order valence-electron chi connectivity index (χ1n) is 11.2. The van der Waals surface area contributed by atoms with Gasteiger partial charge in [0.1, 0.15) is 11.5 Å². The molecule has 0 saturated carbocycles.